The highest BCUT2D eigenvalue weighted by Gasteiger charge is 2.27. The maximum Gasteiger partial charge on any atom is 0.136 e. The van der Waals surface area contributed by atoms with Crippen LogP contribution in [0.25, 0.3) is 0 Å². The summed E-state index contributed by atoms with van der Waals surface area (Å²) < 4.78 is 13.1. The molecular weight excluding hydrogens is 231 g/mol. The highest BCUT2D eigenvalue weighted by atomic mass is 19.1. The summed E-state index contributed by atoms with van der Waals surface area (Å²) in [6.45, 7) is 0. The Labute approximate surface area is 104 Å². The normalized spacial score (nSPS) is 14.5. The van der Waals surface area contributed by atoms with E-state index in [2.05, 4.69) is 15.3 Å². The quantitative estimate of drug-likeness (QED) is 0.871. The average molecular weight is 244 g/mol. The lowest BCUT2D eigenvalue weighted by Gasteiger charge is -2.08. The fraction of sp³-hybridized carbons (Fsp3) is 0.231. The van der Waals surface area contributed by atoms with E-state index in [0.717, 1.165) is 18.7 Å². The van der Waals surface area contributed by atoms with E-state index in [4.69, 9.17) is 5.73 Å². The van der Waals surface area contributed by atoms with Gasteiger partial charge in [0.2, 0.25) is 0 Å². The first-order valence-corrected chi connectivity index (χ1v) is 5.88. The molecule has 0 saturated heterocycles. The monoisotopic (exact) mass is 244 g/mol. The van der Waals surface area contributed by atoms with E-state index in [0.29, 0.717) is 23.2 Å². The molecule has 1 aliphatic carbocycles. The van der Waals surface area contributed by atoms with Crippen LogP contribution in [0, 0.1) is 5.82 Å². The molecule has 92 valence electrons. The third-order valence-corrected chi connectivity index (χ3v) is 2.80. The lowest BCUT2D eigenvalue weighted by molar-refractivity contribution is 0.628. The molecule has 0 atom stereocenters. The summed E-state index contributed by atoms with van der Waals surface area (Å²) in [5.41, 5.74) is 6.39. The molecule has 0 bridgehead atoms. The fourth-order valence-electron chi connectivity index (χ4n) is 1.79. The van der Waals surface area contributed by atoms with Gasteiger partial charge in [0.1, 0.15) is 23.3 Å². The SMILES string of the molecule is Nc1cc(Nc2cccc(F)c2)nc(C2CC2)n1. The number of benzene rings is 1. The van der Waals surface area contributed by atoms with Crippen LogP contribution in [0.15, 0.2) is 30.3 Å². The standard InChI is InChI=1S/C13H13FN4/c14-9-2-1-3-10(6-9)16-12-7-11(15)17-13(18-12)8-4-5-8/h1-3,6-8H,4-5H2,(H3,15,16,17,18). The van der Waals surface area contributed by atoms with Crippen LogP contribution in [-0.2, 0) is 0 Å². The van der Waals surface area contributed by atoms with Crippen molar-refractivity contribution in [1.82, 2.24) is 9.97 Å². The van der Waals surface area contributed by atoms with E-state index in [-0.39, 0.29) is 5.82 Å². The fourth-order valence-corrected chi connectivity index (χ4v) is 1.79. The topological polar surface area (TPSA) is 63.8 Å². The smallest absolute Gasteiger partial charge is 0.136 e. The molecule has 0 amide bonds. The first-order chi connectivity index (χ1) is 8.70. The van der Waals surface area contributed by atoms with E-state index in [1.54, 1.807) is 18.2 Å². The van der Waals surface area contributed by atoms with Gasteiger partial charge >= 0.3 is 0 Å². The second kappa shape index (κ2) is 4.25. The van der Waals surface area contributed by atoms with Crippen LogP contribution in [0.5, 0.6) is 0 Å². The van der Waals surface area contributed by atoms with Gasteiger partial charge in [0.25, 0.3) is 0 Å². The predicted octanol–water partition coefficient (Wildman–Crippen LogP) is 2.82. The summed E-state index contributed by atoms with van der Waals surface area (Å²) in [6, 6.07) is 7.88. The van der Waals surface area contributed by atoms with Crippen molar-refractivity contribution in [2.75, 3.05) is 11.1 Å². The third kappa shape index (κ3) is 2.40. The van der Waals surface area contributed by atoms with Gasteiger partial charge in [0.05, 0.1) is 0 Å². The predicted molar refractivity (Wildman–Crippen MR) is 68.1 cm³/mol. The highest BCUT2D eigenvalue weighted by molar-refractivity contribution is 5.58. The molecule has 4 nitrogen and oxygen atoms in total. The molecule has 1 aliphatic rings. The molecule has 0 radical (unpaired) electrons. The Bertz CT molecular complexity index is 581. The van der Waals surface area contributed by atoms with Crippen molar-refractivity contribution in [1.29, 1.82) is 0 Å². The van der Waals surface area contributed by atoms with Gasteiger partial charge in [-0.25, -0.2) is 14.4 Å². The Morgan fingerprint density at radius 1 is 1.22 bits per heavy atom. The van der Waals surface area contributed by atoms with Gasteiger partial charge in [-0.3, -0.25) is 0 Å². The summed E-state index contributed by atoms with van der Waals surface area (Å²) in [7, 11) is 0. The molecule has 1 fully saturated rings. The lowest BCUT2D eigenvalue weighted by Crippen LogP contribution is -2.02. The van der Waals surface area contributed by atoms with E-state index in [1.165, 1.54) is 12.1 Å². The zero-order valence-corrected chi connectivity index (χ0v) is 9.73. The molecule has 3 N–H and O–H groups in total. The van der Waals surface area contributed by atoms with Gasteiger partial charge in [0, 0.05) is 17.7 Å². The maximum absolute atomic E-state index is 13.1. The second-order valence-corrected chi connectivity index (χ2v) is 4.45. The van der Waals surface area contributed by atoms with Gasteiger partial charge in [0.15, 0.2) is 0 Å². The van der Waals surface area contributed by atoms with Gasteiger partial charge in [-0.15, -0.1) is 0 Å². The van der Waals surface area contributed by atoms with Crippen molar-refractivity contribution in [3.63, 3.8) is 0 Å². The Kier molecular flexibility index (Phi) is 2.59. The van der Waals surface area contributed by atoms with Crippen LogP contribution >= 0.6 is 0 Å². The molecule has 0 aliphatic heterocycles. The molecule has 1 saturated carbocycles. The van der Waals surface area contributed by atoms with E-state index < -0.39 is 0 Å². The number of nitrogen functional groups attached to an aromatic ring is 1. The first kappa shape index (κ1) is 11.0. The zero-order valence-electron chi connectivity index (χ0n) is 9.73. The molecular formula is C13H13FN4. The van der Waals surface area contributed by atoms with Crippen molar-refractivity contribution in [2.24, 2.45) is 0 Å². The minimum absolute atomic E-state index is 0.288. The number of hydrogen-bond donors (Lipinski definition) is 2. The molecule has 5 heteroatoms. The van der Waals surface area contributed by atoms with Gasteiger partial charge < -0.3 is 11.1 Å². The number of halogens is 1. The van der Waals surface area contributed by atoms with E-state index >= 15 is 0 Å². The summed E-state index contributed by atoms with van der Waals surface area (Å²) in [6.07, 6.45) is 2.23. The molecule has 1 aromatic heterocycles. The Hall–Kier alpha value is -2.17. The Morgan fingerprint density at radius 3 is 2.78 bits per heavy atom. The van der Waals surface area contributed by atoms with Crippen LogP contribution in [-0.4, -0.2) is 9.97 Å². The largest absolute Gasteiger partial charge is 0.384 e. The van der Waals surface area contributed by atoms with Gasteiger partial charge in [-0.2, -0.15) is 0 Å². The van der Waals surface area contributed by atoms with Crippen LogP contribution in [0.3, 0.4) is 0 Å². The van der Waals surface area contributed by atoms with E-state index in [1.807, 2.05) is 0 Å². The van der Waals surface area contributed by atoms with Crippen LogP contribution in [0.1, 0.15) is 24.6 Å². The van der Waals surface area contributed by atoms with E-state index in [9.17, 15) is 4.39 Å². The van der Waals surface area contributed by atoms with Gasteiger partial charge in [-0.1, -0.05) is 6.07 Å². The summed E-state index contributed by atoms with van der Waals surface area (Å²) >= 11 is 0. The number of hydrogen-bond acceptors (Lipinski definition) is 4. The molecule has 0 unspecified atom stereocenters. The number of nitrogens with one attached hydrogen (secondary N) is 1. The number of nitrogens with zero attached hydrogens (tertiary/aromatic N) is 2. The Balaban J connectivity index is 1.87. The number of rotatable bonds is 3. The number of anilines is 3. The Morgan fingerprint density at radius 2 is 2.06 bits per heavy atom. The highest BCUT2D eigenvalue weighted by Crippen LogP contribution is 2.38. The molecule has 2 aromatic rings. The number of aromatic nitrogens is 2. The summed E-state index contributed by atoms with van der Waals surface area (Å²) in [5, 5.41) is 3.04. The summed E-state index contributed by atoms with van der Waals surface area (Å²) in [4.78, 5) is 8.60. The lowest BCUT2D eigenvalue weighted by atomic mass is 10.3. The maximum atomic E-state index is 13.1. The minimum atomic E-state index is -0.288. The van der Waals surface area contributed by atoms with Crippen molar-refractivity contribution >= 4 is 17.3 Å². The zero-order chi connectivity index (χ0) is 12.5. The van der Waals surface area contributed by atoms with Crippen molar-refractivity contribution < 1.29 is 4.39 Å². The van der Waals surface area contributed by atoms with Gasteiger partial charge in [-0.05, 0) is 31.0 Å². The van der Waals surface area contributed by atoms with Crippen LogP contribution < -0.4 is 11.1 Å². The molecule has 1 aromatic carbocycles. The van der Waals surface area contributed by atoms with Crippen molar-refractivity contribution in [2.45, 2.75) is 18.8 Å². The second-order valence-electron chi connectivity index (χ2n) is 4.45. The number of nitrogens with two attached hydrogens (primary N) is 1. The average Bonchev–Trinajstić information content (AvgIpc) is 3.11. The van der Waals surface area contributed by atoms with Crippen molar-refractivity contribution in [3.05, 3.63) is 42.0 Å². The molecule has 0 spiro atoms. The van der Waals surface area contributed by atoms with Crippen LogP contribution in [0.4, 0.5) is 21.7 Å². The molecule has 3 rings (SSSR count). The molecule has 18 heavy (non-hydrogen) atoms. The third-order valence-electron chi connectivity index (χ3n) is 2.80. The first-order valence-electron chi connectivity index (χ1n) is 5.88. The van der Waals surface area contributed by atoms with Crippen molar-refractivity contribution in [3.8, 4) is 0 Å². The molecule has 1 heterocycles. The summed E-state index contributed by atoms with van der Waals surface area (Å²) in [5.74, 6) is 1.96. The van der Waals surface area contributed by atoms with Crippen LogP contribution in [0.2, 0.25) is 0 Å². The minimum Gasteiger partial charge on any atom is -0.384 e.